The van der Waals surface area contributed by atoms with Crippen LogP contribution in [0.5, 0.6) is 0 Å². The summed E-state index contributed by atoms with van der Waals surface area (Å²) in [6, 6.07) is 0. The van der Waals surface area contributed by atoms with Gasteiger partial charge in [0.15, 0.2) is 0 Å². The van der Waals surface area contributed by atoms with E-state index < -0.39 is 0 Å². The number of nitrogen functional groups attached to an aromatic ring is 1. The van der Waals surface area contributed by atoms with Crippen molar-refractivity contribution in [1.29, 1.82) is 0 Å². The first kappa shape index (κ1) is 10.9. The van der Waals surface area contributed by atoms with Gasteiger partial charge < -0.3 is 10.5 Å². The molecule has 1 aliphatic carbocycles. The minimum atomic E-state index is 0.0839. The van der Waals surface area contributed by atoms with E-state index in [-0.39, 0.29) is 5.41 Å². The predicted molar refractivity (Wildman–Crippen MR) is 69.4 cm³/mol. The molecule has 0 radical (unpaired) electrons. The molecular formula is C12H15N3OS. The fourth-order valence-electron chi connectivity index (χ4n) is 2.45. The first-order valence-electron chi connectivity index (χ1n) is 5.67. The number of aryl methyl sites for hydroxylation is 1. The second-order valence-corrected chi connectivity index (χ2v) is 5.87. The molecule has 0 spiro atoms. The lowest BCUT2D eigenvalue weighted by molar-refractivity contribution is 0.172. The van der Waals surface area contributed by atoms with Gasteiger partial charge in [-0.3, -0.25) is 0 Å². The lowest BCUT2D eigenvalue weighted by atomic mass is 9.95. The number of aromatic nitrogens is 2. The standard InChI is InChI=1S/C12H15N3OS/c1-7-15-10-9(12(3-4-12)6-16-2)8(13)5-14-11(10)17-7/h5H,3-4,6,13H2,1-2H3. The number of fused-ring (bicyclic) bond motifs is 1. The van der Waals surface area contributed by atoms with Crippen molar-refractivity contribution in [3.63, 3.8) is 0 Å². The van der Waals surface area contributed by atoms with Gasteiger partial charge in [0.1, 0.15) is 10.3 Å². The Morgan fingerprint density at radius 1 is 1.53 bits per heavy atom. The molecule has 17 heavy (non-hydrogen) atoms. The molecule has 2 heterocycles. The highest BCUT2D eigenvalue weighted by Crippen LogP contribution is 2.52. The Kier molecular flexibility index (Phi) is 2.34. The van der Waals surface area contributed by atoms with E-state index in [2.05, 4.69) is 9.97 Å². The van der Waals surface area contributed by atoms with Crippen LogP contribution in [0.1, 0.15) is 23.4 Å². The minimum Gasteiger partial charge on any atom is -0.397 e. The number of nitrogens with zero attached hydrogens (tertiary/aromatic N) is 2. The maximum atomic E-state index is 6.10. The van der Waals surface area contributed by atoms with Crippen LogP contribution in [-0.4, -0.2) is 23.7 Å². The Bertz CT molecular complexity index is 574. The van der Waals surface area contributed by atoms with Crippen LogP contribution in [-0.2, 0) is 10.2 Å². The quantitative estimate of drug-likeness (QED) is 0.906. The van der Waals surface area contributed by atoms with E-state index in [1.54, 1.807) is 24.6 Å². The molecule has 0 saturated heterocycles. The number of thiazole rings is 1. The van der Waals surface area contributed by atoms with Crippen molar-refractivity contribution in [3.8, 4) is 0 Å². The van der Waals surface area contributed by atoms with E-state index in [1.807, 2.05) is 6.92 Å². The van der Waals surface area contributed by atoms with Gasteiger partial charge >= 0.3 is 0 Å². The van der Waals surface area contributed by atoms with Crippen LogP contribution in [0.4, 0.5) is 5.69 Å². The normalized spacial score (nSPS) is 17.5. The van der Waals surface area contributed by atoms with Crippen LogP contribution in [0.3, 0.4) is 0 Å². The van der Waals surface area contributed by atoms with Gasteiger partial charge in [-0.15, -0.1) is 0 Å². The number of hydrogen-bond donors (Lipinski definition) is 1. The summed E-state index contributed by atoms with van der Waals surface area (Å²) in [6.07, 6.45) is 4.01. The number of hydrogen-bond acceptors (Lipinski definition) is 5. The Balaban J connectivity index is 2.23. The van der Waals surface area contributed by atoms with Crippen LogP contribution >= 0.6 is 11.3 Å². The molecule has 2 aromatic rings. The van der Waals surface area contributed by atoms with Crippen molar-refractivity contribution in [2.24, 2.45) is 0 Å². The summed E-state index contributed by atoms with van der Waals surface area (Å²) in [4.78, 5) is 9.92. The van der Waals surface area contributed by atoms with E-state index in [9.17, 15) is 0 Å². The molecule has 0 atom stereocenters. The predicted octanol–water partition coefficient (Wildman–Crippen LogP) is 2.26. The second kappa shape index (κ2) is 3.65. The first-order chi connectivity index (χ1) is 8.16. The summed E-state index contributed by atoms with van der Waals surface area (Å²) >= 11 is 1.62. The third-order valence-corrected chi connectivity index (χ3v) is 4.25. The molecule has 0 bridgehead atoms. The number of pyridine rings is 1. The highest BCUT2D eigenvalue weighted by atomic mass is 32.1. The molecule has 1 aliphatic rings. The second-order valence-electron chi connectivity index (χ2n) is 4.69. The van der Waals surface area contributed by atoms with Gasteiger partial charge in [-0.05, 0) is 19.8 Å². The molecule has 1 fully saturated rings. The van der Waals surface area contributed by atoms with E-state index in [4.69, 9.17) is 10.5 Å². The summed E-state index contributed by atoms with van der Waals surface area (Å²) in [7, 11) is 1.74. The minimum absolute atomic E-state index is 0.0839. The molecule has 0 aliphatic heterocycles. The van der Waals surface area contributed by atoms with Crippen molar-refractivity contribution >= 4 is 27.4 Å². The summed E-state index contributed by atoms with van der Waals surface area (Å²) in [5, 5.41) is 1.03. The Hall–Kier alpha value is -1.20. The van der Waals surface area contributed by atoms with E-state index in [0.29, 0.717) is 6.61 Å². The number of ether oxygens (including phenoxy) is 1. The average molecular weight is 249 g/mol. The van der Waals surface area contributed by atoms with Gasteiger partial charge in [0.25, 0.3) is 0 Å². The van der Waals surface area contributed by atoms with Crippen molar-refractivity contribution in [3.05, 3.63) is 16.8 Å². The SMILES string of the molecule is COCC1(c2c(N)cnc3sc(C)nc23)CC1. The van der Waals surface area contributed by atoms with Crippen LogP contribution in [0, 0.1) is 6.92 Å². The van der Waals surface area contributed by atoms with Gasteiger partial charge in [0.05, 0.1) is 23.5 Å². The van der Waals surface area contributed by atoms with Gasteiger partial charge in [0, 0.05) is 18.1 Å². The Morgan fingerprint density at radius 2 is 2.29 bits per heavy atom. The molecule has 0 amide bonds. The van der Waals surface area contributed by atoms with Gasteiger partial charge in [0.2, 0.25) is 0 Å². The molecule has 0 unspecified atom stereocenters. The fourth-order valence-corrected chi connectivity index (χ4v) is 3.21. The number of methoxy groups -OCH3 is 1. The fraction of sp³-hybridized carbons (Fsp3) is 0.500. The monoisotopic (exact) mass is 249 g/mol. The molecule has 4 nitrogen and oxygen atoms in total. The molecule has 0 aromatic carbocycles. The smallest absolute Gasteiger partial charge is 0.143 e. The lowest BCUT2D eigenvalue weighted by Gasteiger charge is -2.16. The summed E-state index contributed by atoms with van der Waals surface area (Å²) < 4.78 is 5.33. The summed E-state index contributed by atoms with van der Waals surface area (Å²) in [6.45, 7) is 2.72. The van der Waals surface area contributed by atoms with Crippen molar-refractivity contribution in [2.45, 2.75) is 25.2 Å². The third kappa shape index (κ3) is 1.61. The van der Waals surface area contributed by atoms with Crippen LogP contribution in [0.25, 0.3) is 10.3 Å². The zero-order chi connectivity index (χ0) is 12.0. The highest BCUT2D eigenvalue weighted by molar-refractivity contribution is 7.18. The molecule has 2 aromatic heterocycles. The number of rotatable bonds is 3. The van der Waals surface area contributed by atoms with Gasteiger partial charge in [-0.25, -0.2) is 9.97 Å². The van der Waals surface area contributed by atoms with E-state index >= 15 is 0 Å². The lowest BCUT2D eigenvalue weighted by Crippen LogP contribution is -2.17. The highest BCUT2D eigenvalue weighted by Gasteiger charge is 2.47. The number of anilines is 1. The van der Waals surface area contributed by atoms with Crippen molar-refractivity contribution in [1.82, 2.24) is 9.97 Å². The largest absolute Gasteiger partial charge is 0.397 e. The molecule has 1 saturated carbocycles. The maximum absolute atomic E-state index is 6.10. The van der Waals surface area contributed by atoms with E-state index in [1.165, 1.54) is 0 Å². The Labute approximate surface area is 104 Å². The van der Waals surface area contributed by atoms with Crippen molar-refractivity contribution < 1.29 is 4.74 Å². The number of nitrogens with two attached hydrogens (primary N) is 1. The van der Waals surface area contributed by atoms with Crippen LogP contribution in [0.15, 0.2) is 6.20 Å². The zero-order valence-corrected chi connectivity index (χ0v) is 10.8. The van der Waals surface area contributed by atoms with Crippen LogP contribution in [0.2, 0.25) is 0 Å². The van der Waals surface area contributed by atoms with E-state index in [0.717, 1.165) is 39.4 Å². The van der Waals surface area contributed by atoms with Crippen LogP contribution < -0.4 is 5.73 Å². The molecule has 90 valence electrons. The molecule has 3 rings (SSSR count). The summed E-state index contributed by atoms with van der Waals surface area (Å²) in [5.74, 6) is 0. The van der Waals surface area contributed by atoms with Crippen molar-refractivity contribution in [2.75, 3.05) is 19.5 Å². The topological polar surface area (TPSA) is 61.0 Å². The van der Waals surface area contributed by atoms with Gasteiger partial charge in [-0.2, -0.15) is 0 Å². The van der Waals surface area contributed by atoms with Gasteiger partial charge in [-0.1, -0.05) is 11.3 Å². The third-order valence-electron chi connectivity index (χ3n) is 3.37. The zero-order valence-electron chi connectivity index (χ0n) is 9.99. The molecule has 2 N–H and O–H groups in total. The molecular weight excluding hydrogens is 234 g/mol. The first-order valence-corrected chi connectivity index (χ1v) is 6.49. The molecule has 5 heteroatoms. The average Bonchev–Trinajstić information content (AvgIpc) is 2.93. The summed E-state index contributed by atoms with van der Waals surface area (Å²) in [5.41, 5.74) is 9.05. The maximum Gasteiger partial charge on any atom is 0.143 e. The Morgan fingerprint density at radius 3 is 2.94 bits per heavy atom.